The van der Waals surface area contributed by atoms with Gasteiger partial charge >= 0.3 is 0 Å². The highest BCUT2D eigenvalue weighted by Crippen LogP contribution is 2.46. The lowest BCUT2D eigenvalue weighted by Crippen LogP contribution is -2.54. The predicted molar refractivity (Wildman–Crippen MR) is 56.8 cm³/mol. The van der Waals surface area contributed by atoms with Gasteiger partial charge in [0.15, 0.2) is 0 Å². The molecule has 2 heterocycles. The third-order valence-corrected chi connectivity index (χ3v) is 3.85. The summed E-state index contributed by atoms with van der Waals surface area (Å²) >= 11 is 0. The third kappa shape index (κ3) is 1.63. The maximum Gasteiger partial charge on any atom is 0.0161 e. The van der Waals surface area contributed by atoms with E-state index in [2.05, 4.69) is 32.6 Å². The maximum atomic E-state index is 2.75. The molecule has 0 saturated carbocycles. The van der Waals surface area contributed by atoms with E-state index >= 15 is 0 Å². The normalized spacial score (nSPS) is 37.4. The van der Waals surface area contributed by atoms with Gasteiger partial charge in [-0.25, -0.2) is 0 Å². The first-order valence-electron chi connectivity index (χ1n) is 5.68. The zero-order chi connectivity index (χ0) is 9.69. The van der Waals surface area contributed by atoms with Crippen LogP contribution in [-0.2, 0) is 0 Å². The van der Waals surface area contributed by atoms with Gasteiger partial charge in [0.05, 0.1) is 0 Å². The van der Waals surface area contributed by atoms with E-state index in [0.717, 1.165) is 6.04 Å². The Kier molecular flexibility index (Phi) is 1.99. The Morgan fingerprint density at radius 2 is 1.85 bits per heavy atom. The minimum absolute atomic E-state index is 0.447. The number of piperidine rings is 1. The molecule has 0 amide bonds. The van der Waals surface area contributed by atoms with E-state index in [0.29, 0.717) is 11.0 Å². The smallest absolute Gasteiger partial charge is 0.0161 e. The van der Waals surface area contributed by atoms with Crippen molar-refractivity contribution >= 4 is 0 Å². The molecule has 0 aromatic heterocycles. The fourth-order valence-corrected chi connectivity index (χ4v) is 3.83. The van der Waals surface area contributed by atoms with Crippen molar-refractivity contribution in [2.75, 3.05) is 6.54 Å². The molecule has 0 aromatic rings. The Hall–Kier alpha value is -0.0400. The highest BCUT2D eigenvalue weighted by molar-refractivity contribution is 5.00. The quantitative estimate of drug-likeness (QED) is 0.555. The van der Waals surface area contributed by atoms with Crippen LogP contribution in [0, 0.1) is 5.41 Å². The maximum absolute atomic E-state index is 2.75. The highest BCUT2D eigenvalue weighted by Gasteiger charge is 2.45. The highest BCUT2D eigenvalue weighted by atomic mass is 15.2. The van der Waals surface area contributed by atoms with E-state index in [9.17, 15) is 0 Å². The van der Waals surface area contributed by atoms with Gasteiger partial charge in [-0.05, 0) is 51.5 Å². The van der Waals surface area contributed by atoms with Crippen molar-refractivity contribution in [3.8, 4) is 0 Å². The number of nitrogens with zero attached hydrogens (tertiary/aromatic N) is 1. The summed E-state index contributed by atoms with van der Waals surface area (Å²) in [6, 6.07) is 0.888. The molecule has 1 atom stereocenters. The van der Waals surface area contributed by atoms with Gasteiger partial charge in [-0.1, -0.05) is 13.8 Å². The van der Waals surface area contributed by atoms with Crippen LogP contribution in [0.5, 0.6) is 0 Å². The Morgan fingerprint density at radius 3 is 2.54 bits per heavy atom. The SMILES string of the molecule is CC1(C)C[C@@H]2CCCN2C(C)(C)C1. The molecule has 0 N–H and O–H groups in total. The van der Waals surface area contributed by atoms with Gasteiger partial charge < -0.3 is 0 Å². The molecule has 1 nitrogen and oxygen atoms in total. The number of hydrogen-bond acceptors (Lipinski definition) is 1. The van der Waals surface area contributed by atoms with Crippen molar-refractivity contribution < 1.29 is 0 Å². The second-order valence-electron chi connectivity index (χ2n) is 6.35. The Balaban J connectivity index is 2.21. The van der Waals surface area contributed by atoms with Crippen molar-refractivity contribution in [3.63, 3.8) is 0 Å². The Labute approximate surface area is 82.5 Å². The first-order chi connectivity index (χ1) is 5.91. The van der Waals surface area contributed by atoms with Crippen LogP contribution in [0.3, 0.4) is 0 Å². The van der Waals surface area contributed by atoms with E-state index in [1.165, 1.54) is 32.2 Å². The van der Waals surface area contributed by atoms with Gasteiger partial charge in [0, 0.05) is 11.6 Å². The van der Waals surface area contributed by atoms with Gasteiger partial charge in [-0.15, -0.1) is 0 Å². The van der Waals surface area contributed by atoms with Gasteiger partial charge in [0.25, 0.3) is 0 Å². The zero-order valence-corrected chi connectivity index (χ0v) is 9.56. The molecule has 0 aromatic carbocycles. The lowest BCUT2D eigenvalue weighted by atomic mass is 9.71. The molecule has 2 saturated heterocycles. The summed E-state index contributed by atoms with van der Waals surface area (Å²) in [7, 11) is 0. The van der Waals surface area contributed by atoms with Crippen molar-refractivity contribution in [2.45, 2.75) is 65.0 Å². The first kappa shape index (κ1) is 9.51. The predicted octanol–water partition coefficient (Wildman–Crippen LogP) is 3.05. The molecule has 0 radical (unpaired) electrons. The lowest BCUT2D eigenvalue weighted by Gasteiger charge is -2.51. The van der Waals surface area contributed by atoms with Crippen molar-refractivity contribution in [1.82, 2.24) is 4.90 Å². The van der Waals surface area contributed by atoms with Gasteiger partial charge in [-0.2, -0.15) is 0 Å². The van der Waals surface area contributed by atoms with E-state index in [1.54, 1.807) is 0 Å². The molecule has 13 heavy (non-hydrogen) atoms. The summed E-state index contributed by atoms with van der Waals surface area (Å²) in [6.07, 6.45) is 5.63. The molecule has 0 unspecified atom stereocenters. The van der Waals surface area contributed by atoms with Crippen LogP contribution in [-0.4, -0.2) is 23.0 Å². The second-order valence-corrected chi connectivity index (χ2v) is 6.35. The lowest BCUT2D eigenvalue weighted by molar-refractivity contribution is -0.00800. The molecule has 76 valence electrons. The number of hydrogen-bond donors (Lipinski definition) is 0. The van der Waals surface area contributed by atoms with E-state index < -0.39 is 0 Å². The number of fused-ring (bicyclic) bond motifs is 1. The molecule has 2 rings (SSSR count). The molecular weight excluding hydrogens is 158 g/mol. The largest absolute Gasteiger partial charge is 0.295 e. The van der Waals surface area contributed by atoms with E-state index in [4.69, 9.17) is 0 Å². The van der Waals surface area contributed by atoms with E-state index in [-0.39, 0.29) is 0 Å². The Morgan fingerprint density at radius 1 is 1.15 bits per heavy atom. The summed E-state index contributed by atoms with van der Waals surface area (Å²) in [6.45, 7) is 11.1. The summed E-state index contributed by atoms with van der Waals surface area (Å²) < 4.78 is 0. The van der Waals surface area contributed by atoms with Crippen LogP contribution in [0.25, 0.3) is 0 Å². The molecule has 1 heteroatoms. The Bertz CT molecular complexity index is 205. The molecule has 0 aliphatic carbocycles. The van der Waals surface area contributed by atoms with Gasteiger partial charge in [0.1, 0.15) is 0 Å². The van der Waals surface area contributed by atoms with Crippen LogP contribution in [0.4, 0.5) is 0 Å². The fraction of sp³-hybridized carbons (Fsp3) is 1.00. The van der Waals surface area contributed by atoms with Crippen LogP contribution < -0.4 is 0 Å². The van der Waals surface area contributed by atoms with Crippen LogP contribution in [0.1, 0.15) is 53.4 Å². The third-order valence-electron chi connectivity index (χ3n) is 3.85. The molecule has 2 fully saturated rings. The van der Waals surface area contributed by atoms with Gasteiger partial charge in [0.2, 0.25) is 0 Å². The topological polar surface area (TPSA) is 3.24 Å². The van der Waals surface area contributed by atoms with E-state index in [1.807, 2.05) is 0 Å². The van der Waals surface area contributed by atoms with Crippen LogP contribution in [0.15, 0.2) is 0 Å². The first-order valence-corrected chi connectivity index (χ1v) is 5.68. The summed E-state index contributed by atoms with van der Waals surface area (Å²) in [5.41, 5.74) is 1.01. The van der Waals surface area contributed by atoms with Crippen molar-refractivity contribution in [2.24, 2.45) is 5.41 Å². The number of rotatable bonds is 0. The minimum atomic E-state index is 0.447. The molecule has 2 aliphatic rings. The molecule has 0 bridgehead atoms. The molecular formula is C12H23N. The van der Waals surface area contributed by atoms with Crippen LogP contribution in [0.2, 0.25) is 0 Å². The van der Waals surface area contributed by atoms with Crippen molar-refractivity contribution in [3.05, 3.63) is 0 Å². The minimum Gasteiger partial charge on any atom is -0.295 e. The average Bonchev–Trinajstić information content (AvgIpc) is 2.29. The fourth-order valence-electron chi connectivity index (χ4n) is 3.83. The monoisotopic (exact) mass is 181 g/mol. The summed E-state index contributed by atoms with van der Waals surface area (Å²) in [5.74, 6) is 0. The summed E-state index contributed by atoms with van der Waals surface area (Å²) in [4.78, 5) is 2.75. The summed E-state index contributed by atoms with van der Waals surface area (Å²) in [5, 5.41) is 0. The van der Waals surface area contributed by atoms with Crippen molar-refractivity contribution in [1.29, 1.82) is 0 Å². The zero-order valence-electron chi connectivity index (χ0n) is 9.56. The van der Waals surface area contributed by atoms with Gasteiger partial charge in [-0.3, -0.25) is 4.90 Å². The molecule has 2 aliphatic heterocycles. The standard InChI is InChI=1S/C12H23N/c1-11(2)8-10-6-5-7-13(10)12(3,4)9-11/h10H,5-9H2,1-4H3/t10-/m0/s1. The average molecular weight is 181 g/mol. The molecule has 0 spiro atoms. The van der Waals surface area contributed by atoms with Crippen LogP contribution >= 0.6 is 0 Å². The second kappa shape index (κ2) is 2.73.